The second-order valence-electron chi connectivity index (χ2n) is 6.19. The van der Waals surface area contributed by atoms with E-state index in [1.54, 1.807) is 0 Å². The highest BCUT2D eigenvalue weighted by atomic mass is 16.6. The van der Waals surface area contributed by atoms with Crippen molar-refractivity contribution in [1.82, 2.24) is 0 Å². The molecule has 3 rings (SSSR count). The highest BCUT2D eigenvalue weighted by Crippen LogP contribution is 2.26. The minimum absolute atomic E-state index is 0.127. The molecule has 0 unspecified atom stereocenters. The van der Waals surface area contributed by atoms with Crippen LogP contribution < -0.4 is 15.0 Å². The van der Waals surface area contributed by atoms with E-state index >= 15 is 0 Å². The molecule has 0 aliphatic carbocycles. The number of hydrogen-bond acceptors (Lipinski definition) is 5. The minimum atomic E-state index is -0.538. The van der Waals surface area contributed by atoms with Crippen molar-refractivity contribution in [3.05, 3.63) is 58.1 Å². The molecule has 1 fully saturated rings. The zero-order chi connectivity index (χ0) is 18.5. The van der Waals surface area contributed by atoms with Crippen molar-refractivity contribution in [3.8, 4) is 5.75 Å². The van der Waals surface area contributed by atoms with Gasteiger partial charge in [-0.25, -0.2) is 0 Å². The predicted octanol–water partition coefficient (Wildman–Crippen LogP) is 3.85. The summed E-state index contributed by atoms with van der Waals surface area (Å²) in [5, 5.41) is 13.7. The van der Waals surface area contributed by atoms with Crippen molar-refractivity contribution >= 4 is 23.0 Å². The van der Waals surface area contributed by atoms with E-state index in [1.165, 1.54) is 44.6 Å². The van der Waals surface area contributed by atoms with Crippen LogP contribution in [0, 0.1) is 10.1 Å². The van der Waals surface area contributed by atoms with E-state index in [2.05, 4.69) is 10.2 Å². The number of ether oxygens (including phenoxy) is 1. The smallest absolute Gasteiger partial charge is 0.270 e. The molecule has 0 saturated carbocycles. The zero-order valence-corrected chi connectivity index (χ0v) is 14.6. The van der Waals surface area contributed by atoms with Crippen LogP contribution in [0.4, 0.5) is 17.1 Å². The van der Waals surface area contributed by atoms with Crippen LogP contribution in [0.15, 0.2) is 42.5 Å². The predicted molar refractivity (Wildman–Crippen MR) is 100 cm³/mol. The Morgan fingerprint density at radius 3 is 2.42 bits per heavy atom. The van der Waals surface area contributed by atoms with E-state index in [9.17, 15) is 14.9 Å². The monoisotopic (exact) mass is 355 g/mol. The number of anilines is 2. The topological polar surface area (TPSA) is 84.7 Å². The largest absolute Gasteiger partial charge is 0.496 e. The molecular formula is C19H21N3O4. The van der Waals surface area contributed by atoms with Gasteiger partial charge in [0.2, 0.25) is 0 Å². The number of nitro groups is 1. The summed E-state index contributed by atoms with van der Waals surface area (Å²) in [5.74, 6) is -0.158. The van der Waals surface area contributed by atoms with Gasteiger partial charge in [0.05, 0.1) is 17.6 Å². The van der Waals surface area contributed by atoms with Crippen LogP contribution in [0.5, 0.6) is 5.75 Å². The fourth-order valence-corrected chi connectivity index (χ4v) is 3.09. The lowest BCUT2D eigenvalue weighted by atomic mass is 10.1. The van der Waals surface area contributed by atoms with E-state index in [0.29, 0.717) is 5.69 Å². The van der Waals surface area contributed by atoms with E-state index in [0.717, 1.165) is 18.8 Å². The first-order chi connectivity index (χ1) is 12.6. The second kappa shape index (κ2) is 7.86. The van der Waals surface area contributed by atoms with Gasteiger partial charge in [0.15, 0.2) is 0 Å². The average Bonchev–Trinajstić information content (AvgIpc) is 2.68. The molecule has 0 atom stereocenters. The lowest BCUT2D eigenvalue weighted by Gasteiger charge is -2.28. The number of nitro benzene ring substituents is 1. The molecule has 1 amide bonds. The van der Waals surface area contributed by atoms with Crippen LogP contribution >= 0.6 is 0 Å². The number of amides is 1. The van der Waals surface area contributed by atoms with Crippen LogP contribution in [0.25, 0.3) is 0 Å². The number of methoxy groups -OCH3 is 1. The Hall–Kier alpha value is -3.09. The standard InChI is InChI=1S/C19H21N3O4/c1-26-18-10-9-16(22(24)25)13-17(18)19(23)20-14-5-7-15(8-6-14)21-11-3-2-4-12-21/h5-10,13H,2-4,11-12H2,1H3,(H,20,23). The number of piperidine rings is 1. The summed E-state index contributed by atoms with van der Waals surface area (Å²) in [7, 11) is 1.42. The summed E-state index contributed by atoms with van der Waals surface area (Å²) in [6.07, 6.45) is 3.67. The molecule has 7 heteroatoms. The minimum Gasteiger partial charge on any atom is -0.496 e. The van der Waals surface area contributed by atoms with Crippen molar-refractivity contribution in [1.29, 1.82) is 0 Å². The third-order valence-corrected chi connectivity index (χ3v) is 4.48. The van der Waals surface area contributed by atoms with Gasteiger partial charge in [-0.05, 0) is 49.6 Å². The van der Waals surface area contributed by atoms with Crippen molar-refractivity contribution < 1.29 is 14.5 Å². The van der Waals surface area contributed by atoms with Gasteiger partial charge in [-0.15, -0.1) is 0 Å². The fourth-order valence-electron chi connectivity index (χ4n) is 3.09. The van der Waals surface area contributed by atoms with E-state index < -0.39 is 10.8 Å². The molecule has 0 bridgehead atoms. The number of rotatable bonds is 5. The summed E-state index contributed by atoms with van der Waals surface area (Å²) in [4.78, 5) is 25.3. The Labute approximate surface area is 151 Å². The number of carbonyl (C=O) groups excluding carboxylic acids is 1. The molecule has 7 nitrogen and oxygen atoms in total. The first-order valence-electron chi connectivity index (χ1n) is 8.57. The summed E-state index contributed by atoms with van der Waals surface area (Å²) in [6, 6.07) is 11.6. The Kier molecular flexibility index (Phi) is 5.36. The molecule has 1 N–H and O–H groups in total. The summed E-state index contributed by atoms with van der Waals surface area (Å²) < 4.78 is 5.15. The van der Waals surface area contributed by atoms with Crippen LogP contribution in [0.1, 0.15) is 29.6 Å². The van der Waals surface area contributed by atoms with Crippen LogP contribution in [0.2, 0.25) is 0 Å². The Morgan fingerprint density at radius 1 is 1.12 bits per heavy atom. The SMILES string of the molecule is COc1ccc([N+](=O)[O-])cc1C(=O)Nc1ccc(N2CCCCC2)cc1. The van der Waals surface area contributed by atoms with Crippen LogP contribution in [0.3, 0.4) is 0 Å². The van der Waals surface area contributed by atoms with Crippen molar-refractivity contribution in [2.75, 3.05) is 30.4 Å². The Bertz CT molecular complexity index is 799. The van der Waals surface area contributed by atoms with Gasteiger partial charge in [0, 0.05) is 36.6 Å². The summed E-state index contributed by atoms with van der Waals surface area (Å²) in [6.45, 7) is 2.10. The fraction of sp³-hybridized carbons (Fsp3) is 0.316. The van der Waals surface area contributed by atoms with Crippen LogP contribution in [-0.4, -0.2) is 31.0 Å². The number of carbonyl (C=O) groups is 1. The first kappa shape index (κ1) is 17.7. The molecule has 1 saturated heterocycles. The molecule has 1 aliphatic rings. The molecule has 26 heavy (non-hydrogen) atoms. The molecule has 2 aromatic carbocycles. The molecule has 1 aliphatic heterocycles. The van der Waals surface area contributed by atoms with Gasteiger partial charge in [-0.2, -0.15) is 0 Å². The Morgan fingerprint density at radius 2 is 1.81 bits per heavy atom. The maximum absolute atomic E-state index is 12.5. The Balaban J connectivity index is 1.75. The third-order valence-electron chi connectivity index (χ3n) is 4.48. The van der Waals surface area contributed by atoms with Gasteiger partial charge < -0.3 is 15.0 Å². The lowest BCUT2D eigenvalue weighted by molar-refractivity contribution is -0.384. The zero-order valence-electron chi connectivity index (χ0n) is 14.6. The maximum atomic E-state index is 12.5. The van der Waals surface area contributed by atoms with Crippen molar-refractivity contribution in [2.45, 2.75) is 19.3 Å². The molecule has 0 spiro atoms. The third kappa shape index (κ3) is 3.93. The van der Waals surface area contributed by atoms with Gasteiger partial charge >= 0.3 is 0 Å². The molecule has 2 aromatic rings. The normalized spacial score (nSPS) is 14.0. The highest BCUT2D eigenvalue weighted by Gasteiger charge is 2.18. The van der Waals surface area contributed by atoms with E-state index in [-0.39, 0.29) is 17.0 Å². The number of nitrogens with zero attached hydrogens (tertiary/aromatic N) is 2. The van der Waals surface area contributed by atoms with E-state index in [1.807, 2.05) is 24.3 Å². The maximum Gasteiger partial charge on any atom is 0.270 e. The molecule has 136 valence electrons. The van der Waals surface area contributed by atoms with Crippen molar-refractivity contribution in [3.63, 3.8) is 0 Å². The number of nitrogens with one attached hydrogen (secondary N) is 1. The molecule has 0 radical (unpaired) electrons. The second-order valence-corrected chi connectivity index (χ2v) is 6.19. The summed E-state index contributed by atoms with van der Waals surface area (Å²) in [5.41, 5.74) is 1.73. The van der Waals surface area contributed by atoms with Gasteiger partial charge in [-0.1, -0.05) is 0 Å². The number of hydrogen-bond donors (Lipinski definition) is 1. The number of benzene rings is 2. The van der Waals surface area contributed by atoms with Gasteiger partial charge in [-0.3, -0.25) is 14.9 Å². The van der Waals surface area contributed by atoms with E-state index in [4.69, 9.17) is 4.74 Å². The molecular weight excluding hydrogens is 334 g/mol. The first-order valence-corrected chi connectivity index (χ1v) is 8.57. The average molecular weight is 355 g/mol. The van der Waals surface area contributed by atoms with Crippen LogP contribution in [-0.2, 0) is 0 Å². The van der Waals surface area contributed by atoms with Gasteiger partial charge in [0.1, 0.15) is 5.75 Å². The highest BCUT2D eigenvalue weighted by molar-refractivity contribution is 6.06. The number of non-ortho nitro benzene ring substituents is 1. The molecule has 1 heterocycles. The van der Waals surface area contributed by atoms with Gasteiger partial charge in [0.25, 0.3) is 11.6 Å². The quantitative estimate of drug-likeness (QED) is 0.650. The lowest BCUT2D eigenvalue weighted by Crippen LogP contribution is -2.29. The van der Waals surface area contributed by atoms with Crippen molar-refractivity contribution in [2.24, 2.45) is 0 Å². The molecule has 0 aromatic heterocycles. The summed E-state index contributed by atoms with van der Waals surface area (Å²) >= 11 is 0.